The van der Waals surface area contributed by atoms with Gasteiger partial charge in [0, 0.05) is 30.4 Å². The second-order valence-electron chi connectivity index (χ2n) is 7.64. The van der Waals surface area contributed by atoms with Gasteiger partial charge in [-0.2, -0.15) is 0 Å². The number of carboxylic acids is 1. The number of aliphatic carboxylic acids is 1. The molecule has 0 saturated carbocycles. The number of carbonyl (C=O) groups is 1. The molecule has 0 aliphatic carbocycles. The third-order valence-electron chi connectivity index (χ3n) is 5.69. The Balaban J connectivity index is 0.00000306. The molecule has 2 heterocycles. The van der Waals surface area contributed by atoms with Crippen molar-refractivity contribution >= 4 is 58.1 Å². The number of halogens is 2. The number of carboxylic acid groups (broad SMARTS) is 1. The van der Waals surface area contributed by atoms with Crippen LogP contribution in [0.25, 0.3) is 15.6 Å². The Morgan fingerprint density at radius 2 is 2.00 bits per heavy atom. The molecule has 33 heavy (non-hydrogen) atoms. The first kappa shape index (κ1) is 24.4. The Hall–Kier alpha value is -3.28. The molecule has 10 heteroatoms. The van der Waals surface area contributed by atoms with Gasteiger partial charge >= 0.3 is 5.97 Å². The van der Waals surface area contributed by atoms with E-state index in [1.807, 2.05) is 24.3 Å². The molecule has 0 amide bonds. The zero-order valence-corrected chi connectivity index (χ0v) is 19.5. The summed E-state index contributed by atoms with van der Waals surface area (Å²) in [6, 6.07) is 11.0. The Morgan fingerprint density at radius 3 is 2.64 bits per heavy atom. The van der Waals surface area contributed by atoms with E-state index in [1.54, 1.807) is 19.2 Å². The van der Waals surface area contributed by atoms with Crippen LogP contribution in [0.15, 0.2) is 36.4 Å². The lowest BCUT2D eigenvalue weighted by Gasteiger charge is -2.31. The zero-order chi connectivity index (χ0) is 22.7. The van der Waals surface area contributed by atoms with Crippen molar-refractivity contribution < 1.29 is 14.6 Å². The first-order chi connectivity index (χ1) is 15.5. The molecule has 1 aliphatic heterocycles. The van der Waals surface area contributed by atoms with Crippen molar-refractivity contribution in [1.82, 2.24) is 10.2 Å². The quantitative estimate of drug-likeness (QED) is 0.462. The van der Waals surface area contributed by atoms with Crippen LogP contribution in [0.1, 0.15) is 18.4 Å². The average molecular weight is 488 g/mol. The number of ether oxygens (including phenoxy) is 1. The predicted octanol–water partition coefficient (Wildman–Crippen LogP) is 5.18. The fourth-order valence-corrected chi connectivity index (χ4v) is 4.19. The Labute approximate surface area is 202 Å². The van der Waals surface area contributed by atoms with Crippen LogP contribution in [0.2, 0.25) is 5.02 Å². The molecule has 0 bridgehead atoms. The molecule has 1 saturated heterocycles. The number of hydrogen-bond acceptors (Lipinski definition) is 6. The highest BCUT2D eigenvalue weighted by molar-refractivity contribution is 6.32. The molecular formula is C23H23Cl2N5O3. The van der Waals surface area contributed by atoms with Crippen molar-refractivity contribution in [2.45, 2.75) is 19.4 Å². The monoisotopic (exact) mass is 487 g/mol. The van der Waals surface area contributed by atoms with Gasteiger partial charge in [-0.3, -0.25) is 4.79 Å². The highest BCUT2D eigenvalue weighted by atomic mass is 35.5. The van der Waals surface area contributed by atoms with Gasteiger partial charge in [0.1, 0.15) is 5.75 Å². The van der Waals surface area contributed by atoms with Gasteiger partial charge in [-0.05, 0) is 36.6 Å². The van der Waals surface area contributed by atoms with Gasteiger partial charge in [0.05, 0.1) is 24.6 Å². The maximum atomic E-state index is 11.3. The molecule has 0 radical (unpaired) electrons. The largest absolute Gasteiger partial charge is 0.495 e. The number of anilines is 2. The van der Waals surface area contributed by atoms with Crippen molar-refractivity contribution in [1.29, 1.82) is 0 Å². The van der Waals surface area contributed by atoms with Gasteiger partial charge in [0.2, 0.25) is 0 Å². The molecule has 2 N–H and O–H groups in total. The van der Waals surface area contributed by atoms with E-state index >= 15 is 0 Å². The van der Waals surface area contributed by atoms with Crippen molar-refractivity contribution in [2.24, 2.45) is 5.92 Å². The van der Waals surface area contributed by atoms with E-state index in [9.17, 15) is 9.90 Å². The number of nitrogens with one attached hydrogen (secondary N) is 1. The van der Waals surface area contributed by atoms with Crippen LogP contribution in [0.3, 0.4) is 0 Å². The molecule has 0 atom stereocenters. The molecule has 1 aromatic heterocycles. The molecule has 4 rings (SSSR count). The highest BCUT2D eigenvalue weighted by Gasteiger charge is 2.26. The highest BCUT2D eigenvalue weighted by Crippen LogP contribution is 2.34. The molecule has 2 aromatic carbocycles. The summed E-state index contributed by atoms with van der Waals surface area (Å²) in [6.45, 7) is 9.05. The summed E-state index contributed by atoms with van der Waals surface area (Å²) in [5, 5.41) is 23.6. The number of rotatable bonds is 6. The summed E-state index contributed by atoms with van der Waals surface area (Å²) in [4.78, 5) is 16.9. The predicted molar refractivity (Wildman–Crippen MR) is 131 cm³/mol. The zero-order valence-electron chi connectivity index (χ0n) is 17.9. The van der Waals surface area contributed by atoms with Gasteiger partial charge in [0.15, 0.2) is 17.3 Å². The van der Waals surface area contributed by atoms with Crippen LogP contribution in [-0.4, -0.2) is 41.5 Å². The van der Waals surface area contributed by atoms with E-state index in [0.717, 1.165) is 16.3 Å². The fourth-order valence-electron chi connectivity index (χ4n) is 3.91. The number of aromatic nitrogens is 2. The summed E-state index contributed by atoms with van der Waals surface area (Å²) in [5.41, 5.74) is 1.46. The number of nitrogens with zero attached hydrogens (tertiary/aromatic N) is 4. The van der Waals surface area contributed by atoms with Gasteiger partial charge in [-0.1, -0.05) is 29.8 Å². The molecule has 172 valence electrons. The van der Waals surface area contributed by atoms with Gasteiger partial charge in [-0.25, -0.2) is 4.85 Å². The van der Waals surface area contributed by atoms with E-state index in [-0.39, 0.29) is 18.3 Å². The van der Waals surface area contributed by atoms with Crippen molar-refractivity contribution in [2.75, 3.05) is 30.4 Å². The minimum Gasteiger partial charge on any atom is -0.495 e. The Morgan fingerprint density at radius 1 is 1.24 bits per heavy atom. The lowest BCUT2D eigenvalue weighted by Crippen LogP contribution is -2.37. The van der Waals surface area contributed by atoms with Crippen LogP contribution < -0.4 is 15.0 Å². The molecule has 8 nitrogen and oxygen atoms in total. The number of hydrogen-bond donors (Lipinski definition) is 2. The molecule has 1 aliphatic rings. The lowest BCUT2D eigenvalue weighted by molar-refractivity contribution is -0.142. The van der Waals surface area contributed by atoms with E-state index in [0.29, 0.717) is 60.6 Å². The van der Waals surface area contributed by atoms with E-state index in [2.05, 4.69) is 25.3 Å². The van der Waals surface area contributed by atoms with Crippen molar-refractivity contribution in [3.63, 3.8) is 0 Å². The molecular weight excluding hydrogens is 465 g/mol. The van der Waals surface area contributed by atoms with Gasteiger partial charge in [0.25, 0.3) is 0 Å². The third kappa shape index (κ3) is 5.21. The smallest absolute Gasteiger partial charge is 0.306 e. The summed E-state index contributed by atoms with van der Waals surface area (Å²) >= 11 is 6.23. The van der Waals surface area contributed by atoms with Crippen molar-refractivity contribution in [3.8, 4) is 5.75 Å². The van der Waals surface area contributed by atoms with Crippen LogP contribution >= 0.6 is 24.0 Å². The first-order valence-electron chi connectivity index (χ1n) is 10.2. The minimum absolute atomic E-state index is 0. The van der Waals surface area contributed by atoms with Crippen LogP contribution in [0, 0.1) is 12.5 Å². The second kappa shape index (κ2) is 10.6. The maximum Gasteiger partial charge on any atom is 0.306 e. The van der Waals surface area contributed by atoms with Crippen molar-refractivity contribution in [3.05, 3.63) is 58.4 Å². The second-order valence-corrected chi connectivity index (χ2v) is 8.04. The number of methoxy groups -OCH3 is 1. The first-order valence-corrected chi connectivity index (χ1v) is 10.6. The topological polar surface area (TPSA) is 91.9 Å². The fraction of sp³-hybridized carbons (Fsp3) is 0.304. The molecule has 3 aromatic rings. The maximum absolute atomic E-state index is 11.3. The SMILES string of the molecule is Cl.[C-]#[N+]c1ccc2c(N3CCC(C(=O)O)CC3)nnc(NCc3ccc(OC)c(Cl)c3)c2c1. The normalized spacial score (nSPS) is 13.8. The van der Waals surface area contributed by atoms with Crippen LogP contribution in [0.5, 0.6) is 5.75 Å². The summed E-state index contributed by atoms with van der Waals surface area (Å²) in [6.07, 6.45) is 1.13. The van der Waals surface area contributed by atoms with Gasteiger partial charge in [-0.15, -0.1) is 22.6 Å². The van der Waals surface area contributed by atoms with Crippen LogP contribution in [0.4, 0.5) is 17.3 Å². The van der Waals surface area contributed by atoms with E-state index in [1.165, 1.54) is 0 Å². The number of piperidine rings is 1. The molecule has 0 spiro atoms. The Kier molecular flexibility index (Phi) is 7.79. The standard InChI is InChI=1S/C23H22ClN5O3.ClH/c1-25-16-4-5-17-18(12-16)21(26-13-14-3-6-20(32-2)19(24)11-14)27-28-22(17)29-9-7-15(8-10-29)23(30)31;/h3-6,11-12,15H,7-10,13H2,2H3,(H,26,27)(H,30,31);1H. The summed E-state index contributed by atoms with van der Waals surface area (Å²) in [5.74, 6) is 0.815. The van der Waals surface area contributed by atoms with E-state index < -0.39 is 5.97 Å². The third-order valence-corrected chi connectivity index (χ3v) is 5.99. The average Bonchev–Trinajstić information content (AvgIpc) is 2.82. The number of fused-ring (bicyclic) bond motifs is 1. The summed E-state index contributed by atoms with van der Waals surface area (Å²) in [7, 11) is 1.57. The summed E-state index contributed by atoms with van der Waals surface area (Å²) < 4.78 is 5.20. The minimum atomic E-state index is -0.750. The Bertz CT molecular complexity index is 1210. The number of benzene rings is 2. The van der Waals surface area contributed by atoms with E-state index in [4.69, 9.17) is 22.9 Å². The molecule has 1 fully saturated rings. The molecule has 0 unspecified atom stereocenters. The van der Waals surface area contributed by atoms with Crippen LogP contribution in [-0.2, 0) is 11.3 Å². The van der Waals surface area contributed by atoms with Gasteiger partial charge < -0.3 is 20.1 Å². The lowest BCUT2D eigenvalue weighted by atomic mass is 9.97.